The number of carbonyl (C=O) groups excluding carboxylic acids is 2. The van der Waals surface area contributed by atoms with Crippen LogP contribution in [0.3, 0.4) is 0 Å². The predicted molar refractivity (Wildman–Crippen MR) is 93.3 cm³/mol. The Morgan fingerprint density at radius 3 is 2.71 bits per heavy atom. The second-order valence-electron chi connectivity index (χ2n) is 6.20. The average molecular weight is 353 g/mol. The summed E-state index contributed by atoms with van der Waals surface area (Å²) < 4.78 is 19.3. The van der Waals surface area contributed by atoms with Crippen molar-refractivity contribution in [2.24, 2.45) is 5.92 Å². The van der Waals surface area contributed by atoms with E-state index in [1.807, 2.05) is 20.8 Å². The van der Waals surface area contributed by atoms with Gasteiger partial charge in [-0.2, -0.15) is 0 Å². The summed E-state index contributed by atoms with van der Waals surface area (Å²) in [7, 11) is 0. The molecule has 4 nitrogen and oxygen atoms in total. The standard InChI is InChI=1S/C18H24FNO3S/c1-4-5-10-23-18(22)15-11-24-17(12(2)3)20(15)16(21)13-8-6-7-9-14(13)19/h6-9,12,15,17H,4-5,10-11H2,1-3H3. The van der Waals surface area contributed by atoms with E-state index < -0.39 is 23.7 Å². The molecule has 2 unspecified atom stereocenters. The van der Waals surface area contributed by atoms with E-state index >= 15 is 0 Å². The van der Waals surface area contributed by atoms with Crippen molar-refractivity contribution < 1.29 is 18.7 Å². The normalized spacial score (nSPS) is 20.5. The number of ether oxygens (including phenoxy) is 1. The summed E-state index contributed by atoms with van der Waals surface area (Å²) in [4.78, 5) is 26.8. The summed E-state index contributed by atoms with van der Waals surface area (Å²) in [6, 6.07) is 5.22. The van der Waals surface area contributed by atoms with Gasteiger partial charge in [-0.05, 0) is 24.5 Å². The van der Waals surface area contributed by atoms with Crippen LogP contribution in [0.2, 0.25) is 0 Å². The Labute approximate surface area is 146 Å². The predicted octanol–water partition coefficient (Wildman–Crippen LogP) is 3.71. The number of esters is 1. The molecule has 1 fully saturated rings. The zero-order valence-corrected chi connectivity index (χ0v) is 15.1. The summed E-state index contributed by atoms with van der Waals surface area (Å²) in [6.45, 7) is 6.35. The third-order valence-corrected chi connectivity index (χ3v) is 5.58. The molecule has 0 aliphatic carbocycles. The molecule has 1 amide bonds. The second-order valence-corrected chi connectivity index (χ2v) is 7.35. The van der Waals surface area contributed by atoms with Crippen LogP contribution in [0.4, 0.5) is 4.39 Å². The van der Waals surface area contributed by atoms with Crippen molar-refractivity contribution in [1.82, 2.24) is 4.90 Å². The highest BCUT2D eigenvalue weighted by molar-refractivity contribution is 8.00. The van der Waals surface area contributed by atoms with Crippen LogP contribution < -0.4 is 0 Å². The molecule has 132 valence electrons. The lowest BCUT2D eigenvalue weighted by Gasteiger charge is -2.30. The number of amides is 1. The molecule has 1 aliphatic heterocycles. The molecule has 0 spiro atoms. The second kappa shape index (κ2) is 8.51. The fourth-order valence-electron chi connectivity index (χ4n) is 2.67. The molecule has 0 aromatic heterocycles. The molecule has 0 radical (unpaired) electrons. The van der Waals surface area contributed by atoms with E-state index in [1.165, 1.54) is 17.0 Å². The van der Waals surface area contributed by atoms with Crippen LogP contribution in [0.1, 0.15) is 44.0 Å². The van der Waals surface area contributed by atoms with Gasteiger partial charge in [-0.15, -0.1) is 11.8 Å². The number of carbonyl (C=O) groups is 2. The van der Waals surface area contributed by atoms with E-state index in [9.17, 15) is 14.0 Å². The maximum Gasteiger partial charge on any atom is 0.329 e. The van der Waals surface area contributed by atoms with Gasteiger partial charge >= 0.3 is 5.97 Å². The van der Waals surface area contributed by atoms with E-state index in [1.54, 1.807) is 23.9 Å². The Balaban J connectivity index is 2.23. The number of hydrogen-bond donors (Lipinski definition) is 0. The Morgan fingerprint density at radius 2 is 2.08 bits per heavy atom. The molecule has 2 rings (SSSR count). The van der Waals surface area contributed by atoms with Gasteiger partial charge in [0.15, 0.2) is 0 Å². The van der Waals surface area contributed by atoms with Crippen LogP contribution in [-0.4, -0.2) is 40.6 Å². The molecule has 1 aliphatic rings. The zero-order chi connectivity index (χ0) is 17.7. The van der Waals surface area contributed by atoms with Crippen molar-refractivity contribution in [3.05, 3.63) is 35.6 Å². The van der Waals surface area contributed by atoms with E-state index in [2.05, 4.69) is 0 Å². The smallest absolute Gasteiger partial charge is 0.329 e. The number of unbranched alkanes of at least 4 members (excludes halogenated alkanes) is 1. The molecule has 24 heavy (non-hydrogen) atoms. The average Bonchev–Trinajstić information content (AvgIpc) is 3.00. The van der Waals surface area contributed by atoms with Crippen LogP contribution in [0.5, 0.6) is 0 Å². The topological polar surface area (TPSA) is 46.6 Å². The van der Waals surface area contributed by atoms with Crippen LogP contribution >= 0.6 is 11.8 Å². The monoisotopic (exact) mass is 353 g/mol. The van der Waals surface area contributed by atoms with E-state index in [-0.39, 0.29) is 16.9 Å². The van der Waals surface area contributed by atoms with Gasteiger partial charge in [0.2, 0.25) is 0 Å². The number of rotatable bonds is 6. The third-order valence-electron chi connectivity index (χ3n) is 3.96. The van der Waals surface area contributed by atoms with Gasteiger partial charge in [-0.3, -0.25) is 4.79 Å². The van der Waals surface area contributed by atoms with E-state index in [0.29, 0.717) is 12.4 Å². The maximum atomic E-state index is 14.0. The zero-order valence-electron chi connectivity index (χ0n) is 14.3. The minimum absolute atomic E-state index is 0.00277. The van der Waals surface area contributed by atoms with Crippen LogP contribution in [-0.2, 0) is 9.53 Å². The molecule has 6 heteroatoms. The highest BCUT2D eigenvalue weighted by atomic mass is 32.2. The lowest BCUT2D eigenvalue weighted by Crippen LogP contribution is -2.48. The maximum absolute atomic E-state index is 14.0. The molecule has 1 saturated heterocycles. The van der Waals surface area contributed by atoms with Crippen molar-refractivity contribution in [3.63, 3.8) is 0 Å². The van der Waals surface area contributed by atoms with Gasteiger partial charge < -0.3 is 9.64 Å². The highest BCUT2D eigenvalue weighted by Crippen LogP contribution is 2.36. The van der Waals surface area contributed by atoms with Crippen LogP contribution in [0.15, 0.2) is 24.3 Å². The first-order valence-electron chi connectivity index (χ1n) is 8.32. The number of thioether (sulfide) groups is 1. The highest BCUT2D eigenvalue weighted by Gasteiger charge is 2.44. The van der Waals surface area contributed by atoms with Crippen LogP contribution in [0.25, 0.3) is 0 Å². The molecular formula is C18H24FNO3S. The summed E-state index contributed by atoms with van der Waals surface area (Å²) in [6.07, 6.45) is 1.72. The summed E-state index contributed by atoms with van der Waals surface area (Å²) in [5.41, 5.74) is -0.00277. The van der Waals surface area contributed by atoms with Gasteiger partial charge in [-0.1, -0.05) is 39.3 Å². The summed E-state index contributed by atoms with van der Waals surface area (Å²) in [5, 5.41) is -0.166. The van der Waals surface area contributed by atoms with Crippen molar-refractivity contribution >= 4 is 23.6 Å². The largest absolute Gasteiger partial charge is 0.464 e. The lowest BCUT2D eigenvalue weighted by molar-refractivity contribution is -0.148. The number of hydrogen-bond acceptors (Lipinski definition) is 4. The molecule has 2 atom stereocenters. The Hall–Kier alpha value is -1.56. The molecule has 1 heterocycles. The molecular weight excluding hydrogens is 329 g/mol. The van der Waals surface area contributed by atoms with Crippen molar-refractivity contribution in [2.45, 2.75) is 45.0 Å². The third kappa shape index (κ3) is 4.09. The first-order valence-corrected chi connectivity index (χ1v) is 9.37. The van der Waals surface area contributed by atoms with Gasteiger partial charge in [0.25, 0.3) is 5.91 Å². The fraction of sp³-hybridized carbons (Fsp3) is 0.556. The number of nitrogens with zero attached hydrogens (tertiary/aromatic N) is 1. The summed E-state index contributed by atoms with van der Waals surface area (Å²) >= 11 is 1.54. The van der Waals surface area contributed by atoms with Gasteiger partial charge in [0.1, 0.15) is 11.9 Å². The van der Waals surface area contributed by atoms with Gasteiger partial charge in [0.05, 0.1) is 17.5 Å². The molecule has 0 N–H and O–H groups in total. The SMILES string of the molecule is CCCCOC(=O)C1CSC(C(C)C)N1C(=O)c1ccccc1F. The van der Waals surface area contributed by atoms with Crippen molar-refractivity contribution in [1.29, 1.82) is 0 Å². The van der Waals surface area contributed by atoms with Crippen molar-refractivity contribution in [3.8, 4) is 0 Å². The van der Waals surface area contributed by atoms with Gasteiger partial charge in [-0.25, -0.2) is 9.18 Å². The summed E-state index contributed by atoms with van der Waals surface area (Å²) in [5.74, 6) is -0.786. The van der Waals surface area contributed by atoms with Gasteiger partial charge in [0, 0.05) is 5.75 Å². The first kappa shape index (κ1) is 18.8. The molecule has 1 aromatic carbocycles. The molecule has 1 aromatic rings. The van der Waals surface area contributed by atoms with E-state index in [4.69, 9.17) is 4.74 Å². The Kier molecular flexibility index (Phi) is 6.66. The number of benzene rings is 1. The molecule has 0 saturated carbocycles. The Bertz CT molecular complexity index is 593. The fourth-order valence-corrected chi connectivity index (χ4v) is 4.13. The minimum atomic E-state index is -0.661. The quantitative estimate of drug-likeness (QED) is 0.578. The number of halogens is 1. The van der Waals surface area contributed by atoms with Crippen molar-refractivity contribution in [2.75, 3.05) is 12.4 Å². The van der Waals surface area contributed by atoms with Crippen LogP contribution in [0, 0.1) is 11.7 Å². The van der Waals surface area contributed by atoms with E-state index in [0.717, 1.165) is 12.8 Å². The lowest BCUT2D eigenvalue weighted by atomic mass is 10.1. The molecule has 0 bridgehead atoms. The minimum Gasteiger partial charge on any atom is -0.464 e. The first-order chi connectivity index (χ1) is 11.5. The Morgan fingerprint density at radius 1 is 1.38 bits per heavy atom.